The van der Waals surface area contributed by atoms with E-state index in [9.17, 15) is 13.2 Å². The number of carbonyl (C=O) groups excluding carboxylic acids is 1. The average molecular weight is 481 g/mol. The molecule has 0 bridgehead atoms. The first-order chi connectivity index (χ1) is 16.1. The molecule has 34 heavy (non-hydrogen) atoms. The van der Waals surface area contributed by atoms with Crippen molar-refractivity contribution in [3.8, 4) is 5.75 Å². The second kappa shape index (κ2) is 10.7. The number of benzene rings is 3. The van der Waals surface area contributed by atoms with Crippen molar-refractivity contribution in [2.24, 2.45) is 0 Å². The number of anilines is 1. The van der Waals surface area contributed by atoms with Gasteiger partial charge in [-0.05, 0) is 62.6 Å². The highest BCUT2D eigenvalue weighted by atomic mass is 32.2. The highest BCUT2D eigenvalue weighted by Gasteiger charge is 2.30. The molecule has 0 saturated heterocycles. The first-order valence-electron chi connectivity index (χ1n) is 11.3. The highest BCUT2D eigenvalue weighted by molar-refractivity contribution is 7.92. The summed E-state index contributed by atoms with van der Waals surface area (Å²) >= 11 is 0. The van der Waals surface area contributed by atoms with Gasteiger partial charge < -0.3 is 10.1 Å². The zero-order valence-corrected chi connectivity index (χ0v) is 21.1. The van der Waals surface area contributed by atoms with Crippen molar-refractivity contribution in [3.05, 3.63) is 89.0 Å². The molecule has 1 amide bonds. The van der Waals surface area contributed by atoms with Gasteiger partial charge in [-0.2, -0.15) is 0 Å². The van der Waals surface area contributed by atoms with Crippen molar-refractivity contribution in [1.82, 2.24) is 5.32 Å². The smallest absolute Gasteiger partial charge is 0.264 e. The number of sulfonamides is 1. The van der Waals surface area contributed by atoms with E-state index in [2.05, 4.69) is 5.32 Å². The fraction of sp³-hybridized carbons (Fsp3) is 0.296. The van der Waals surface area contributed by atoms with Crippen LogP contribution in [-0.2, 0) is 14.8 Å². The third kappa shape index (κ3) is 5.78. The number of ether oxygens (including phenoxy) is 1. The number of hydrogen-bond acceptors (Lipinski definition) is 4. The number of amides is 1. The van der Waals surface area contributed by atoms with Crippen LogP contribution in [0.2, 0.25) is 0 Å². The summed E-state index contributed by atoms with van der Waals surface area (Å²) in [5.74, 6) is -0.0219. The van der Waals surface area contributed by atoms with Crippen LogP contribution in [0, 0.1) is 20.8 Å². The van der Waals surface area contributed by atoms with Crippen molar-refractivity contribution < 1.29 is 17.9 Å². The molecule has 0 aliphatic rings. The number of hydrogen-bond donors (Lipinski definition) is 1. The number of aryl methyl sites for hydroxylation is 3. The molecule has 1 unspecified atom stereocenters. The van der Waals surface area contributed by atoms with Crippen molar-refractivity contribution in [2.45, 2.75) is 45.1 Å². The van der Waals surface area contributed by atoms with E-state index in [4.69, 9.17) is 4.74 Å². The molecular formula is C27H32N2O4S. The standard InChI is InChI=1S/C27H32N2O4S/c1-6-24(22-12-7-19(2)8-13-22)28-27(30)18-29(25-17-21(4)11-16-26(25)33-5)34(31,32)23-14-9-20(3)10-15-23/h7-17,24H,6,18H2,1-5H3,(H,28,30). The molecule has 1 atom stereocenters. The number of methoxy groups -OCH3 is 1. The van der Waals surface area contributed by atoms with E-state index in [-0.39, 0.29) is 17.5 Å². The van der Waals surface area contributed by atoms with Crippen molar-refractivity contribution in [3.63, 3.8) is 0 Å². The molecule has 0 aliphatic heterocycles. The lowest BCUT2D eigenvalue weighted by atomic mass is 10.0. The minimum Gasteiger partial charge on any atom is -0.495 e. The Labute approximate surface area is 202 Å². The van der Waals surface area contributed by atoms with E-state index < -0.39 is 15.9 Å². The lowest BCUT2D eigenvalue weighted by Gasteiger charge is -2.27. The topological polar surface area (TPSA) is 75.7 Å². The Morgan fingerprint density at radius 2 is 1.47 bits per heavy atom. The van der Waals surface area contributed by atoms with Gasteiger partial charge in [0, 0.05) is 0 Å². The lowest BCUT2D eigenvalue weighted by molar-refractivity contribution is -0.120. The van der Waals surface area contributed by atoms with Gasteiger partial charge in [-0.1, -0.05) is 60.5 Å². The highest BCUT2D eigenvalue weighted by Crippen LogP contribution is 2.33. The Kier molecular flexibility index (Phi) is 7.99. The van der Waals surface area contributed by atoms with Crippen LogP contribution in [0.1, 0.15) is 41.6 Å². The number of carbonyl (C=O) groups is 1. The summed E-state index contributed by atoms with van der Waals surface area (Å²) in [7, 11) is -2.55. The Bertz CT molecular complexity index is 1240. The van der Waals surface area contributed by atoms with E-state index in [1.807, 2.05) is 58.0 Å². The van der Waals surface area contributed by atoms with Crippen LogP contribution < -0.4 is 14.4 Å². The van der Waals surface area contributed by atoms with Gasteiger partial charge in [0.1, 0.15) is 12.3 Å². The molecule has 6 nitrogen and oxygen atoms in total. The van der Waals surface area contributed by atoms with Gasteiger partial charge in [0.2, 0.25) is 5.91 Å². The molecule has 0 aliphatic carbocycles. The molecule has 7 heteroatoms. The van der Waals surface area contributed by atoms with Crippen LogP contribution in [-0.4, -0.2) is 28.0 Å². The minimum absolute atomic E-state index is 0.111. The van der Waals surface area contributed by atoms with E-state index in [0.717, 1.165) is 26.6 Å². The van der Waals surface area contributed by atoms with E-state index >= 15 is 0 Å². The second-order valence-corrected chi connectivity index (χ2v) is 10.3. The molecule has 180 valence electrons. The van der Waals surface area contributed by atoms with Gasteiger partial charge in [-0.15, -0.1) is 0 Å². The van der Waals surface area contributed by atoms with Gasteiger partial charge >= 0.3 is 0 Å². The summed E-state index contributed by atoms with van der Waals surface area (Å²) in [6.45, 7) is 7.37. The largest absolute Gasteiger partial charge is 0.495 e. The Hall–Kier alpha value is -3.32. The van der Waals surface area contributed by atoms with Crippen molar-refractivity contribution in [2.75, 3.05) is 18.0 Å². The molecule has 0 heterocycles. The number of rotatable bonds is 9. The summed E-state index contributed by atoms with van der Waals surface area (Å²) in [6, 6.07) is 19.6. The third-order valence-electron chi connectivity index (χ3n) is 5.72. The zero-order valence-electron chi connectivity index (χ0n) is 20.3. The maximum absolute atomic E-state index is 13.7. The normalized spacial score (nSPS) is 12.1. The second-order valence-electron chi connectivity index (χ2n) is 8.44. The summed E-state index contributed by atoms with van der Waals surface area (Å²) < 4.78 is 34.0. The lowest BCUT2D eigenvalue weighted by Crippen LogP contribution is -2.42. The van der Waals surface area contributed by atoms with Crippen LogP contribution in [0.4, 0.5) is 5.69 Å². The summed E-state index contributed by atoms with van der Waals surface area (Å²) in [5.41, 5.74) is 4.22. The van der Waals surface area contributed by atoms with Crippen LogP contribution in [0.3, 0.4) is 0 Å². The summed E-state index contributed by atoms with van der Waals surface area (Å²) in [6.07, 6.45) is 0.674. The maximum Gasteiger partial charge on any atom is 0.264 e. The Balaban J connectivity index is 1.98. The summed E-state index contributed by atoms with van der Waals surface area (Å²) in [5, 5.41) is 3.00. The molecule has 0 radical (unpaired) electrons. The van der Waals surface area contributed by atoms with Gasteiger partial charge in [0.05, 0.1) is 23.7 Å². The molecule has 0 spiro atoms. The maximum atomic E-state index is 13.7. The molecule has 3 rings (SSSR count). The first-order valence-corrected chi connectivity index (χ1v) is 12.7. The van der Waals surface area contributed by atoms with Crippen LogP contribution in [0.25, 0.3) is 0 Å². The van der Waals surface area contributed by atoms with Crippen LogP contribution in [0.5, 0.6) is 5.75 Å². The van der Waals surface area contributed by atoms with Gasteiger partial charge in [-0.25, -0.2) is 8.42 Å². The Morgan fingerprint density at radius 3 is 2.03 bits per heavy atom. The quantitative estimate of drug-likeness (QED) is 0.463. The molecular weight excluding hydrogens is 448 g/mol. The fourth-order valence-electron chi connectivity index (χ4n) is 3.72. The fourth-order valence-corrected chi connectivity index (χ4v) is 5.15. The zero-order chi connectivity index (χ0) is 24.9. The van der Waals surface area contributed by atoms with Crippen LogP contribution in [0.15, 0.2) is 71.6 Å². The number of nitrogens with zero attached hydrogens (tertiary/aromatic N) is 1. The van der Waals surface area contributed by atoms with E-state index in [1.54, 1.807) is 36.4 Å². The van der Waals surface area contributed by atoms with E-state index in [0.29, 0.717) is 17.9 Å². The van der Waals surface area contributed by atoms with Gasteiger partial charge in [-0.3, -0.25) is 9.10 Å². The molecule has 3 aromatic rings. The predicted octanol–water partition coefficient (Wildman–Crippen LogP) is 5.08. The average Bonchev–Trinajstić information content (AvgIpc) is 2.82. The first kappa shape index (κ1) is 25.3. The number of nitrogens with one attached hydrogen (secondary N) is 1. The van der Waals surface area contributed by atoms with Crippen molar-refractivity contribution >= 4 is 21.6 Å². The molecule has 0 aromatic heterocycles. The minimum atomic E-state index is -4.04. The summed E-state index contributed by atoms with van der Waals surface area (Å²) in [4.78, 5) is 13.3. The SMILES string of the molecule is CCC(NC(=O)CN(c1cc(C)ccc1OC)S(=O)(=O)c1ccc(C)cc1)c1ccc(C)cc1. The predicted molar refractivity (Wildman–Crippen MR) is 136 cm³/mol. The van der Waals surface area contributed by atoms with Crippen molar-refractivity contribution in [1.29, 1.82) is 0 Å². The molecule has 0 saturated carbocycles. The van der Waals surface area contributed by atoms with Gasteiger partial charge in [0.25, 0.3) is 10.0 Å². The monoisotopic (exact) mass is 480 g/mol. The Morgan fingerprint density at radius 1 is 0.912 bits per heavy atom. The van der Waals surface area contributed by atoms with Crippen LogP contribution >= 0.6 is 0 Å². The molecule has 1 N–H and O–H groups in total. The van der Waals surface area contributed by atoms with E-state index in [1.165, 1.54) is 7.11 Å². The molecule has 0 fully saturated rings. The van der Waals surface area contributed by atoms with Gasteiger partial charge in [0.15, 0.2) is 0 Å². The molecule has 3 aromatic carbocycles. The third-order valence-corrected chi connectivity index (χ3v) is 7.50.